The summed E-state index contributed by atoms with van der Waals surface area (Å²) in [4.78, 5) is 42.8. The van der Waals surface area contributed by atoms with Crippen molar-refractivity contribution >= 4 is 17.7 Å². The fraction of sp³-hybridized carbons (Fsp3) is 0.640. The fourth-order valence-electron chi connectivity index (χ4n) is 4.46. The Morgan fingerprint density at radius 2 is 1.79 bits per heavy atom. The molecule has 182 valence electrons. The molecule has 1 aromatic rings. The first-order chi connectivity index (χ1) is 15.7. The molecule has 2 saturated heterocycles. The number of nitrogens with zero attached hydrogens (tertiary/aromatic N) is 2. The summed E-state index contributed by atoms with van der Waals surface area (Å²) >= 11 is 0. The van der Waals surface area contributed by atoms with Gasteiger partial charge >= 0.3 is 0 Å². The molecule has 1 spiro atoms. The van der Waals surface area contributed by atoms with Gasteiger partial charge < -0.3 is 19.7 Å². The second kappa shape index (κ2) is 10.5. The predicted octanol–water partition coefficient (Wildman–Crippen LogP) is 2.82. The summed E-state index contributed by atoms with van der Waals surface area (Å²) in [6.45, 7) is 9.14. The lowest BCUT2D eigenvalue weighted by molar-refractivity contribution is -0.144. The Kier molecular flexibility index (Phi) is 8.00. The molecular formula is C25H37N3O5. The molecule has 0 saturated carbocycles. The lowest BCUT2D eigenvalue weighted by Gasteiger charge is -2.44. The molecule has 33 heavy (non-hydrogen) atoms. The van der Waals surface area contributed by atoms with E-state index < -0.39 is 11.8 Å². The largest absolute Gasteiger partial charge is 0.497 e. The summed E-state index contributed by atoms with van der Waals surface area (Å²) in [7, 11) is 1.57. The van der Waals surface area contributed by atoms with Gasteiger partial charge in [-0.2, -0.15) is 0 Å². The number of hydrogen-bond acceptors (Lipinski definition) is 5. The summed E-state index contributed by atoms with van der Waals surface area (Å²) in [5.74, 6) is 0.611. The van der Waals surface area contributed by atoms with Crippen LogP contribution in [0.1, 0.15) is 63.7 Å². The Morgan fingerprint density at radius 3 is 2.33 bits per heavy atom. The highest BCUT2D eigenvalue weighted by atomic mass is 16.5. The maximum absolute atomic E-state index is 13.7. The van der Waals surface area contributed by atoms with Gasteiger partial charge in [-0.05, 0) is 43.5 Å². The van der Waals surface area contributed by atoms with Crippen LogP contribution in [0.3, 0.4) is 0 Å². The van der Waals surface area contributed by atoms with Gasteiger partial charge in [0.05, 0.1) is 13.7 Å². The molecule has 2 fully saturated rings. The number of rotatable bonds is 7. The summed E-state index contributed by atoms with van der Waals surface area (Å²) < 4.78 is 11.4. The predicted molar refractivity (Wildman–Crippen MR) is 125 cm³/mol. The zero-order chi connectivity index (χ0) is 24.2. The quantitative estimate of drug-likeness (QED) is 0.677. The highest BCUT2D eigenvalue weighted by Crippen LogP contribution is 2.39. The summed E-state index contributed by atoms with van der Waals surface area (Å²) in [5.41, 5.74) is -0.427. The number of piperidine rings is 1. The van der Waals surface area contributed by atoms with Crippen molar-refractivity contribution < 1.29 is 23.9 Å². The van der Waals surface area contributed by atoms with E-state index in [4.69, 9.17) is 9.47 Å². The first kappa shape index (κ1) is 25.0. The van der Waals surface area contributed by atoms with Gasteiger partial charge in [0.2, 0.25) is 11.8 Å². The van der Waals surface area contributed by atoms with E-state index in [1.807, 2.05) is 32.6 Å². The van der Waals surface area contributed by atoms with Crippen molar-refractivity contribution in [2.24, 2.45) is 5.92 Å². The van der Waals surface area contributed by atoms with Gasteiger partial charge in [-0.3, -0.25) is 19.3 Å². The fourth-order valence-corrected chi connectivity index (χ4v) is 4.46. The van der Waals surface area contributed by atoms with Crippen molar-refractivity contribution in [3.63, 3.8) is 0 Å². The molecule has 3 rings (SSSR count). The molecule has 0 aromatic heterocycles. The molecule has 0 bridgehead atoms. The third kappa shape index (κ3) is 5.49. The first-order valence-electron chi connectivity index (χ1n) is 11.9. The number of hydrogen-bond donors (Lipinski definition) is 1. The van der Waals surface area contributed by atoms with Crippen LogP contribution in [0, 0.1) is 5.92 Å². The molecule has 0 aliphatic carbocycles. The second-order valence-corrected chi connectivity index (χ2v) is 9.47. The van der Waals surface area contributed by atoms with E-state index in [2.05, 4.69) is 5.32 Å². The normalized spacial score (nSPS) is 20.7. The van der Waals surface area contributed by atoms with E-state index in [9.17, 15) is 14.4 Å². The Morgan fingerprint density at radius 1 is 1.15 bits per heavy atom. The molecule has 3 amide bonds. The Labute approximate surface area is 196 Å². The smallest absolute Gasteiger partial charge is 0.256 e. The van der Waals surface area contributed by atoms with Crippen molar-refractivity contribution in [1.29, 1.82) is 0 Å². The van der Waals surface area contributed by atoms with Crippen molar-refractivity contribution in [3.05, 3.63) is 29.8 Å². The standard InChI is InChI=1S/C25H37N3O5/c1-6-18(4)26-23(30)21-16-33-25(11-13-27(14-12-25)22(29)15-17(2)3)28(21)24(31)19-7-9-20(32-5)10-8-19/h7-10,17-18,21H,6,11-16H2,1-5H3,(H,26,30). The molecule has 1 N–H and O–H groups in total. The lowest BCUT2D eigenvalue weighted by atomic mass is 9.95. The van der Waals surface area contributed by atoms with Crippen LogP contribution in [0.5, 0.6) is 5.75 Å². The molecule has 8 nitrogen and oxygen atoms in total. The molecule has 2 unspecified atom stereocenters. The summed E-state index contributed by atoms with van der Waals surface area (Å²) in [5, 5.41) is 3.00. The maximum Gasteiger partial charge on any atom is 0.256 e. The van der Waals surface area contributed by atoms with Gasteiger partial charge in [0.15, 0.2) is 0 Å². The van der Waals surface area contributed by atoms with Crippen LogP contribution < -0.4 is 10.1 Å². The van der Waals surface area contributed by atoms with Crippen molar-refractivity contribution in [2.45, 2.75) is 71.2 Å². The SMILES string of the molecule is CCC(C)NC(=O)C1COC2(CCN(C(=O)CC(C)C)CC2)N1C(=O)c1ccc(OC)cc1. The lowest BCUT2D eigenvalue weighted by Crippen LogP contribution is -2.60. The molecule has 2 heterocycles. The first-order valence-corrected chi connectivity index (χ1v) is 11.9. The topological polar surface area (TPSA) is 88.2 Å². The summed E-state index contributed by atoms with van der Waals surface area (Å²) in [6, 6.07) is 6.17. The number of amides is 3. The number of carbonyl (C=O) groups is 3. The van der Waals surface area contributed by atoms with Gasteiger partial charge in [0.25, 0.3) is 5.91 Å². The van der Waals surface area contributed by atoms with E-state index in [1.54, 1.807) is 36.3 Å². The van der Waals surface area contributed by atoms with Crippen LogP contribution in [-0.4, -0.2) is 72.1 Å². The molecule has 2 aliphatic rings. The van der Waals surface area contributed by atoms with E-state index in [0.717, 1.165) is 6.42 Å². The third-order valence-electron chi connectivity index (χ3n) is 6.60. The maximum atomic E-state index is 13.7. The molecule has 2 aliphatic heterocycles. The van der Waals surface area contributed by atoms with Crippen LogP contribution >= 0.6 is 0 Å². The number of methoxy groups -OCH3 is 1. The average molecular weight is 460 g/mol. The average Bonchev–Trinajstić information content (AvgIpc) is 3.17. The van der Waals surface area contributed by atoms with E-state index in [0.29, 0.717) is 43.7 Å². The van der Waals surface area contributed by atoms with Crippen LogP contribution in [0.2, 0.25) is 0 Å². The zero-order valence-electron chi connectivity index (χ0n) is 20.4. The number of carbonyl (C=O) groups excluding carboxylic acids is 3. The molecular weight excluding hydrogens is 422 g/mol. The van der Waals surface area contributed by atoms with Gasteiger partial charge in [0.1, 0.15) is 17.5 Å². The van der Waals surface area contributed by atoms with Crippen molar-refractivity contribution in [2.75, 3.05) is 26.8 Å². The number of benzene rings is 1. The molecule has 1 aromatic carbocycles. The molecule has 0 radical (unpaired) electrons. The Balaban J connectivity index is 1.85. The second-order valence-electron chi connectivity index (χ2n) is 9.47. The van der Waals surface area contributed by atoms with Gasteiger partial charge in [-0.25, -0.2) is 0 Å². The highest BCUT2D eigenvalue weighted by molar-refractivity contribution is 5.98. The Bertz CT molecular complexity index is 846. The van der Waals surface area contributed by atoms with Crippen LogP contribution in [-0.2, 0) is 14.3 Å². The highest BCUT2D eigenvalue weighted by Gasteiger charge is 2.54. The van der Waals surface area contributed by atoms with E-state index in [1.165, 1.54) is 0 Å². The Hall–Kier alpha value is -2.61. The minimum absolute atomic E-state index is 0.00231. The van der Waals surface area contributed by atoms with E-state index >= 15 is 0 Å². The number of ether oxygens (including phenoxy) is 2. The molecule has 8 heteroatoms. The van der Waals surface area contributed by atoms with Crippen molar-refractivity contribution in [3.8, 4) is 5.75 Å². The van der Waals surface area contributed by atoms with Crippen LogP contribution in [0.15, 0.2) is 24.3 Å². The minimum atomic E-state index is -0.900. The van der Waals surface area contributed by atoms with Crippen molar-refractivity contribution in [1.82, 2.24) is 15.1 Å². The van der Waals surface area contributed by atoms with Crippen LogP contribution in [0.25, 0.3) is 0 Å². The van der Waals surface area contributed by atoms with Gasteiger partial charge in [0, 0.05) is 44.0 Å². The number of likely N-dealkylation sites (tertiary alicyclic amines) is 1. The molecule has 2 atom stereocenters. The van der Waals surface area contributed by atoms with Gasteiger partial charge in [-0.1, -0.05) is 20.8 Å². The third-order valence-corrected chi connectivity index (χ3v) is 6.60. The minimum Gasteiger partial charge on any atom is -0.497 e. The monoisotopic (exact) mass is 459 g/mol. The zero-order valence-corrected chi connectivity index (χ0v) is 20.4. The van der Waals surface area contributed by atoms with E-state index in [-0.39, 0.29) is 36.3 Å². The van der Waals surface area contributed by atoms with Crippen LogP contribution in [0.4, 0.5) is 0 Å². The summed E-state index contributed by atoms with van der Waals surface area (Å²) in [6.07, 6.45) is 2.25. The number of nitrogens with one attached hydrogen (secondary N) is 1. The van der Waals surface area contributed by atoms with Gasteiger partial charge in [-0.15, -0.1) is 0 Å².